The van der Waals surface area contributed by atoms with Crippen LogP contribution in [0, 0.1) is 16.7 Å². The normalized spacial score (nSPS) is 8.23. The SMILES string of the molecule is N#CC(=C=N)c1cccc(C=O)c1. The molecule has 0 aromatic heterocycles. The molecule has 0 saturated carbocycles. The minimum absolute atomic E-state index is 0.128. The zero-order valence-corrected chi connectivity index (χ0v) is 6.74. The van der Waals surface area contributed by atoms with Crippen LogP contribution in [-0.2, 0) is 0 Å². The summed E-state index contributed by atoms with van der Waals surface area (Å²) in [5.41, 5.74) is 1.16. The Kier molecular flexibility index (Phi) is 2.75. The van der Waals surface area contributed by atoms with Crippen molar-refractivity contribution in [3.05, 3.63) is 35.4 Å². The molecule has 0 amide bonds. The number of nitrogens with one attached hydrogen (secondary N) is 1. The number of allylic oxidation sites excluding steroid dienone is 1. The molecule has 1 rings (SSSR count). The van der Waals surface area contributed by atoms with E-state index in [0.717, 1.165) is 0 Å². The molecule has 0 saturated heterocycles. The van der Waals surface area contributed by atoms with Crippen LogP contribution in [0.25, 0.3) is 5.57 Å². The topological polar surface area (TPSA) is 64.7 Å². The fourth-order valence-electron chi connectivity index (χ4n) is 0.932. The van der Waals surface area contributed by atoms with E-state index in [1.165, 1.54) is 0 Å². The van der Waals surface area contributed by atoms with Crippen LogP contribution in [-0.4, -0.2) is 12.2 Å². The third-order valence-electron chi connectivity index (χ3n) is 1.55. The van der Waals surface area contributed by atoms with Gasteiger partial charge in [0.05, 0.1) is 0 Å². The number of aldehydes is 1. The molecule has 0 heterocycles. The molecule has 3 nitrogen and oxygen atoms in total. The molecule has 13 heavy (non-hydrogen) atoms. The van der Waals surface area contributed by atoms with Gasteiger partial charge < -0.3 is 0 Å². The summed E-state index contributed by atoms with van der Waals surface area (Å²) >= 11 is 0. The van der Waals surface area contributed by atoms with E-state index < -0.39 is 0 Å². The molecule has 1 N–H and O–H groups in total. The van der Waals surface area contributed by atoms with Gasteiger partial charge in [-0.25, -0.2) is 0 Å². The van der Waals surface area contributed by atoms with Gasteiger partial charge in [0.25, 0.3) is 0 Å². The second-order valence-electron chi connectivity index (χ2n) is 2.36. The van der Waals surface area contributed by atoms with Crippen molar-refractivity contribution in [2.75, 3.05) is 0 Å². The summed E-state index contributed by atoms with van der Waals surface area (Å²) in [4.78, 5) is 10.4. The van der Waals surface area contributed by atoms with Gasteiger partial charge in [-0.1, -0.05) is 18.2 Å². The molecule has 0 atom stereocenters. The highest BCUT2D eigenvalue weighted by Gasteiger charge is 2.00. The van der Waals surface area contributed by atoms with E-state index in [1.54, 1.807) is 24.3 Å². The van der Waals surface area contributed by atoms with Gasteiger partial charge in [-0.05, 0) is 11.9 Å². The van der Waals surface area contributed by atoms with Gasteiger partial charge >= 0.3 is 0 Å². The Balaban J connectivity index is 3.24. The smallest absolute Gasteiger partial charge is 0.150 e. The maximum atomic E-state index is 10.4. The van der Waals surface area contributed by atoms with Gasteiger partial charge in [-0.3, -0.25) is 10.2 Å². The minimum atomic E-state index is 0.128. The second-order valence-corrected chi connectivity index (χ2v) is 2.36. The number of hydrogen-bond donors (Lipinski definition) is 1. The number of carbonyl (C=O) groups is 1. The third-order valence-corrected chi connectivity index (χ3v) is 1.55. The van der Waals surface area contributed by atoms with E-state index >= 15 is 0 Å². The van der Waals surface area contributed by atoms with Crippen molar-refractivity contribution in [3.8, 4) is 6.07 Å². The van der Waals surface area contributed by atoms with Crippen LogP contribution in [0.1, 0.15) is 15.9 Å². The van der Waals surface area contributed by atoms with Crippen LogP contribution in [0.5, 0.6) is 0 Å². The molecule has 62 valence electrons. The number of carbonyl (C=O) groups excluding carboxylic acids is 1. The molecular formula is C10H6N2O. The number of benzene rings is 1. The van der Waals surface area contributed by atoms with Crippen molar-refractivity contribution < 1.29 is 4.79 Å². The predicted molar refractivity (Wildman–Crippen MR) is 48.6 cm³/mol. The van der Waals surface area contributed by atoms with Crippen molar-refractivity contribution in [2.24, 2.45) is 0 Å². The maximum Gasteiger partial charge on any atom is 0.150 e. The molecule has 3 heteroatoms. The van der Waals surface area contributed by atoms with E-state index in [-0.39, 0.29) is 5.57 Å². The first kappa shape index (κ1) is 8.92. The Morgan fingerprint density at radius 2 is 2.31 bits per heavy atom. The summed E-state index contributed by atoms with van der Waals surface area (Å²) in [6.07, 6.45) is 0.697. The Labute approximate surface area is 75.4 Å². The molecule has 0 spiro atoms. The molecular weight excluding hydrogens is 164 g/mol. The summed E-state index contributed by atoms with van der Waals surface area (Å²) in [6.45, 7) is 0. The fourth-order valence-corrected chi connectivity index (χ4v) is 0.932. The van der Waals surface area contributed by atoms with E-state index in [9.17, 15) is 4.79 Å². The Morgan fingerprint density at radius 3 is 2.85 bits per heavy atom. The van der Waals surface area contributed by atoms with Crippen LogP contribution in [0.4, 0.5) is 0 Å². The molecule has 0 fully saturated rings. The number of hydrogen-bond acceptors (Lipinski definition) is 3. The Bertz CT molecular complexity index is 423. The van der Waals surface area contributed by atoms with Gasteiger partial charge in [0.2, 0.25) is 0 Å². The van der Waals surface area contributed by atoms with Crippen molar-refractivity contribution in [1.29, 1.82) is 10.7 Å². The second kappa shape index (κ2) is 4.01. The fraction of sp³-hybridized carbons (Fsp3) is 0. The van der Waals surface area contributed by atoms with E-state index in [1.807, 2.05) is 11.9 Å². The van der Waals surface area contributed by atoms with Crippen LogP contribution >= 0.6 is 0 Å². The summed E-state index contributed by atoms with van der Waals surface area (Å²) in [5.74, 6) is 2.01. The highest BCUT2D eigenvalue weighted by Crippen LogP contribution is 2.11. The highest BCUT2D eigenvalue weighted by atomic mass is 16.1. The molecule has 0 aliphatic carbocycles. The zero-order chi connectivity index (χ0) is 9.68. The first-order chi connectivity index (χ1) is 6.31. The summed E-state index contributed by atoms with van der Waals surface area (Å²) < 4.78 is 0. The van der Waals surface area contributed by atoms with Crippen molar-refractivity contribution in [2.45, 2.75) is 0 Å². The number of nitriles is 1. The standard InChI is InChI=1S/C10H6N2O/c11-5-10(6-12)9-3-1-2-8(4-9)7-13/h1-4,7,11H. The molecule has 0 bridgehead atoms. The summed E-state index contributed by atoms with van der Waals surface area (Å²) in [6, 6.07) is 8.32. The maximum absolute atomic E-state index is 10.4. The van der Waals surface area contributed by atoms with Crippen LogP contribution < -0.4 is 0 Å². The summed E-state index contributed by atoms with van der Waals surface area (Å²) in [5, 5.41) is 15.4. The monoisotopic (exact) mass is 170 g/mol. The molecule has 0 radical (unpaired) electrons. The molecule has 1 aromatic carbocycles. The predicted octanol–water partition coefficient (Wildman–Crippen LogP) is 1.65. The number of rotatable bonds is 2. The molecule has 0 aliphatic rings. The Hall–Kier alpha value is -2.17. The van der Waals surface area contributed by atoms with E-state index in [2.05, 4.69) is 0 Å². The van der Waals surface area contributed by atoms with E-state index in [4.69, 9.17) is 10.7 Å². The first-order valence-electron chi connectivity index (χ1n) is 3.57. The highest BCUT2D eigenvalue weighted by molar-refractivity contribution is 5.96. The zero-order valence-electron chi connectivity index (χ0n) is 6.74. The van der Waals surface area contributed by atoms with Crippen LogP contribution in [0.2, 0.25) is 0 Å². The van der Waals surface area contributed by atoms with Crippen LogP contribution in [0.15, 0.2) is 24.3 Å². The average Bonchev–Trinajstić information content (AvgIpc) is 2.20. The van der Waals surface area contributed by atoms with Crippen molar-refractivity contribution in [3.63, 3.8) is 0 Å². The quantitative estimate of drug-likeness (QED) is 0.416. The summed E-state index contributed by atoms with van der Waals surface area (Å²) in [7, 11) is 0. The lowest BCUT2D eigenvalue weighted by atomic mass is 10.1. The largest absolute Gasteiger partial charge is 0.298 e. The average molecular weight is 170 g/mol. The van der Waals surface area contributed by atoms with Crippen molar-refractivity contribution >= 4 is 17.7 Å². The van der Waals surface area contributed by atoms with Crippen LogP contribution in [0.3, 0.4) is 0 Å². The first-order valence-corrected chi connectivity index (χ1v) is 3.57. The molecule has 0 aliphatic heterocycles. The Morgan fingerprint density at radius 1 is 1.54 bits per heavy atom. The lowest BCUT2D eigenvalue weighted by molar-refractivity contribution is 0.112. The van der Waals surface area contributed by atoms with Gasteiger partial charge in [0.15, 0.2) is 0 Å². The number of nitrogens with zero attached hydrogens (tertiary/aromatic N) is 1. The van der Waals surface area contributed by atoms with Gasteiger partial charge in [-0.2, -0.15) is 5.26 Å². The van der Waals surface area contributed by atoms with Gasteiger partial charge in [0.1, 0.15) is 17.9 Å². The van der Waals surface area contributed by atoms with Gasteiger partial charge in [-0.15, -0.1) is 0 Å². The minimum Gasteiger partial charge on any atom is -0.298 e. The van der Waals surface area contributed by atoms with E-state index in [0.29, 0.717) is 17.4 Å². The molecule has 0 unspecified atom stereocenters. The lowest BCUT2D eigenvalue weighted by Gasteiger charge is -1.95. The lowest BCUT2D eigenvalue weighted by Crippen LogP contribution is -1.85. The molecule has 1 aromatic rings. The third kappa shape index (κ3) is 1.90. The van der Waals surface area contributed by atoms with Crippen molar-refractivity contribution in [1.82, 2.24) is 0 Å². The van der Waals surface area contributed by atoms with Gasteiger partial charge in [0, 0.05) is 11.1 Å².